The zero-order valence-corrected chi connectivity index (χ0v) is 9.07. The number of benzene rings is 1. The Morgan fingerprint density at radius 1 is 1.14 bits per heavy atom. The van der Waals surface area contributed by atoms with E-state index >= 15 is 0 Å². The summed E-state index contributed by atoms with van der Waals surface area (Å²) in [5.74, 6) is 1.36. The Labute approximate surface area is 85.8 Å². The van der Waals surface area contributed by atoms with Crippen LogP contribution in [0.5, 0.6) is 0 Å². The Kier molecular flexibility index (Phi) is 2.36. The molecule has 0 heterocycles. The maximum Gasteiger partial charge on any atom is 0.0603 e. The number of hydrogen-bond donors (Lipinski definition) is 1. The lowest BCUT2D eigenvalue weighted by molar-refractivity contribution is -0.0474. The van der Waals surface area contributed by atoms with Gasteiger partial charge in [-0.2, -0.15) is 0 Å². The van der Waals surface area contributed by atoms with Crippen LogP contribution in [0.3, 0.4) is 0 Å². The standard InChI is InChI=1S/C13H18O/c1-8-5-4-6-11(7-8)12-9(2)13(14)10(12)3/h4-7,9-10,12-14H,1-3H3. The second-order valence-electron chi connectivity index (χ2n) is 4.65. The Bertz CT molecular complexity index is 322. The first kappa shape index (κ1) is 9.72. The van der Waals surface area contributed by atoms with Crippen LogP contribution in [-0.2, 0) is 0 Å². The average molecular weight is 190 g/mol. The normalized spacial score (nSPS) is 36.6. The summed E-state index contributed by atoms with van der Waals surface area (Å²) in [6.07, 6.45) is -0.111. The molecular weight excluding hydrogens is 172 g/mol. The minimum Gasteiger partial charge on any atom is -0.393 e. The van der Waals surface area contributed by atoms with E-state index in [1.165, 1.54) is 11.1 Å². The molecule has 2 rings (SSSR count). The largest absolute Gasteiger partial charge is 0.393 e. The van der Waals surface area contributed by atoms with Crippen molar-refractivity contribution in [2.75, 3.05) is 0 Å². The zero-order chi connectivity index (χ0) is 10.3. The van der Waals surface area contributed by atoms with Crippen LogP contribution in [0.4, 0.5) is 0 Å². The van der Waals surface area contributed by atoms with E-state index in [2.05, 4.69) is 45.0 Å². The molecule has 0 amide bonds. The smallest absolute Gasteiger partial charge is 0.0603 e. The van der Waals surface area contributed by atoms with Gasteiger partial charge in [-0.15, -0.1) is 0 Å². The van der Waals surface area contributed by atoms with Crippen molar-refractivity contribution in [1.82, 2.24) is 0 Å². The Morgan fingerprint density at radius 2 is 1.79 bits per heavy atom. The lowest BCUT2D eigenvalue weighted by Crippen LogP contribution is -2.46. The molecule has 1 nitrogen and oxygen atoms in total. The molecule has 1 saturated carbocycles. The second-order valence-corrected chi connectivity index (χ2v) is 4.65. The number of hydrogen-bond acceptors (Lipinski definition) is 1. The predicted octanol–water partition coefficient (Wildman–Crippen LogP) is 2.73. The van der Waals surface area contributed by atoms with Gasteiger partial charge < -0.3 is 5.11 Å². The van der Waals surface area contributed by atoms with Gasteiger partial charge in [0.25, 0.3) is 0 Å². The van der Waals surface area contributed by atoms with Gasteiger partial charge in [0.2, 0.25) is 0 Å². The van der Waals surface area contributed by atoms with Gasteiger partial charge in [0.05, 0.1) is 6.10 Å². The van der Waals surface area contributed by atoms with Crippen molar-refractivity contribution in [3.63, 3.8) is 0 Å². The molecule has 14 heavy (non-hydrogen) atoms. The maximum absolute atomic E-state index is 9.69. The van der Waals surface area contributed by atoms with Crippen molar-refractivity contribution in [3.8, 4) is 0 Å². The number of aliphatic hydroxyl groups is 1. The molecule has 0 aromatic heterocycles. The summed E-state index contributed by atoms with van der Waals surface area (Å²) in [5, 5.41) is 9.69. The summed E-state index contributed by atoms with van der Waals surface area (Å²) in [6, 6.07) is 8.64. The zero-order valence-electron chi connectivity index (χ0n) is 9.07. The lowest BCUT2D eigenvalue weighted by atomic mass is 9.61. The van der Waals surface area contributed by atoms with Gasteiger partial charge in [0.1, 0.15) is 0 Å². The summed E-state index contributed by atoms with van der Waals surface area (Å²) in [4.78, 5) is 0. The van der Waals surface area contributed by atoms with Crippen molar-refractivity contribution >= 4 is 0 Å². The van der Waals surface area contributed by atoms with Crippen LogP contribution in [0.15, 0.2) is 24.3 Å². The van der Waals surface area contributed by atoms with Crippen LogP contribution in [0.25, 0.3) is 0 Å². The van der Waals surface area contributed by atoms with Gasteiger partial charge >= 0.3 is 0 Å². The van der Waals surface area contributed by atoms with Crippen LogP contribution < -0.4 is 0 Å². The van der Waals surface area contributed by atoms with E-state index < -0.39 is 0 Å². The molecule has 2 atom stereocenters. The fourth-order valence-electron chi connectivity index (χ4n) is 2.72. The van der Waals surface area contributed by atoms with E-state index in [-0.39, 0.29) is 6.10 Å². The maximum atomic E-state index is 9.69. The molecule has 1 N–H and O–H groups in total. The fraction of sp³-hybridized carbons (Fsp3) is 0.538. The number of aliphatic hydroxyl groups excluding tert-OH is 1. The Morgan fingerprint density at radius 3 is 2.36 bits per heavy atom. The van der Waals surface area contributed by atoms with E-state index in [4.69, 9.17) is 0 Å². The molecule has 0 spiro atoms. The highest BCUT2D eigenvalue weighted by atomic mass is 16.3. The van der Waals surface area contributed by atoms with E-state index in [0.29, 0.717) is 17.8 Å². The average Bonchev–Trinajstić information content (AvgIpc) is 2.18. The fourth-order valence-corrected chi connectivity index (χ4v) is 2.72. The van der Waals surface area contributed by atoms with Crippen molar-refractivity contribution in [2.45, 2.75) is 32.8 Å². The molecule has 1 aromatic carbocycles. The molecule has 1 aliphatic carbocycles. The van der Waals surface area contributed by atoms with Gasteiger partial charge in [-0.3, -0.25) is 0 Å². The topological polar surface area (TPSA) is 20.2 Å². The lowest BCUT2D eigenvalue weighted by Gasteiger charge is -2.46. The summed E-state index contributed by atoms with van der Waals surface area (Å²) < 4.78 is 0. The minimum atomic E-state index is -0.111. The molecule has 0 aliphatic heterocycles. The third-order valence-corrected chi connectivity index (χ3v) is 3.64. The molecule has 0 bridgehead atoms. The highest BCUT2D eigenvalue weighted by Gasteiger charge is 2.44. The molecule has 1 aromatic rings. The van der Waals surface area contributed by atoms with E-state index in [1.807, 2.05) is 0 Å². The monoisotopic (exact) mass is 190 g/mol. The third-order valence-electron chi connectivity index (χ3n) is 3.64. The highest BCUT2D eigenvalue weighted by Crippen LogP contribution is 2.47. The molecule has 1 aliphatic rings. The summed E-state index contributed by atoms with van der Waals surface area (Å²) in [7, 11) is 0. The van der Waals surface area contributed by atoms with Crippen molar-refractivity contribution in [1.29, 1.82) is 0 Å². The molecule has 2 unspecified atom stereocenters. The van der Waals surface area contributed by atoms with Crippen LogP contribution in [0.1, 0.15) is 30.9 Å². The predicted molar refractivity (Wildman–Crippen MR) is 58.3 cm³/mol. The molecule has 0 radical (unpaired) electrons. The first-order valence-electron chi connectivity index (χ1n) is 5.36. The van der Waals surface area contributed by atoms with Crippen LogP contribution >= 0.6 is 0 Å². The van der Waals surface area contributed by atoms with E-state index in [0.717, 1.165) is 0 Å². The van der Waals surface area contributed by atoms with Gasteiger partial charge in [-0.25, -0.2) is 0 Å². The Hall–Kier alpha value is -0.820. The molecular formula is C13H18O. The first-order valence-corrected chi connectivity index (χ1v) is 5.36. The van der Waals surface area contributed by atoms with Gasteiger partial charge in [0.15, 0.2) is 0 Å². The van der Waals surface area contributed by atoms with Gasteiger partial charge in [-0.1, -0.05) is 43.7 Å². The van der Waals surface area contributed by atoms with Crippen LogP contribution in [0.2, 0.25) is 0 Å². The molecule has 1 heteroatoms. The van der Waals surface area contributed by atoms with Crippen molar-refractivity contribution in [3.05, 3.63) is 35.4 Å². The summed E-state index contributed by atoms with van der Waals surface area (Å²) in [5.41, 5.74) is 2.69. The van der Waals surface area contributed by atoms with Crippen LogP contribution in [-0.4, -0.2) is 11.2 Å². The third kappa shape index (κ3) is 1.36. The van der Waals surface area contributed by atoms with E-state index in [9.17, 15) is 5.11 Å². The molecule has 76 valence electrons. The molecule has 1 fully saturated rings. The summed E-state index contributed by atoms with van der Waals surface area (Å²) >= 11 is 0. The van der Waals surface area contributed by atoms with E-state index in [1.54, 1.807) is 0 Å². The molecule has 0 saturated heterocycles. The van der Waals surface area contributed by atoms with Crippen LogP contribution in [0, 0.1) is 18.8 Å². The summed E-state index contributed by atoms with van der Waals surface area (Å²) in [6.45, 7) is 6.39. The second kappa shape index (κ2) is 3.39. The SMILES string of the molecule is Cc1cccc(C2C(C)C(O)C2C)c1. The highest BCUT2D eigenvalue weighted by molar-refractivity contribution is 5.29. The minimum absolute atomic E-state index is 0.111. The van der Waals surface area contributed by atoms with Crippen molar-refractivity contribution in [2.24, 2.45) is 11.8 Å². The van der Waals surface area contributed by atoms with Crippen molar-refractivity contribution < 1.29 is 5.11 Å². The van der Waals surface area contributed by atoms with Gasteiger partial charge in [-0.05, 0) is 30.2 Å². The van der Waals surface area contributed by atoms with Gasteiger partial charge in [0, 0.05) is 0 Å². The Balaban J connectivity index is 2.24. The number of rotatable bonds is 1. The number of aryl methyl sites for hydroxylation is 1. The quantitative estimate of drug-likeness (QED) is 0.722. The first-order chi connectivity index (χ1) is 6.61.